The number of piperazine rings is 1. The van der Waals surface area contributed by atoms with Crippen LogP contribution in [0.25, 0.3) is 0 Å². The van der Waals surface area contributed by atoms with Gasteiger partial charge in [-0.15, -0.1) is 0 Å². The molecule has 0 saturated carbocycles. The van der Waals surface area contributed by atoms with E-state index in [0.29, 0.717) is 45.0 Å². The summed E-state index contributed by atoms with van der Waals surface area (Å²) in [4.78, 5) is 16.1. The fourth-order valence-corrected chi connectivity index (χ4v) is 4.07. The summed E-state index contributed by atoms with van der Waals surface area (Å²) < 4.78 is 32.0. The van der Waals surface area contributed by atoms with E-state index in [1.54, 1.807) is 29.2 Å². The summed E-state index contributed by atoms with van der Waals surface area (Å²) in [7, 11) is -3.34. The molecule has 2 aromatic rings. The van der Waals surface area contributed by atoms with E-state index in [-0.39, 0.29) is 11.7 Å². The molecule has 1 fully saturated rings. The van der Waals surface area contributed by atoms with Crippen LogP contribution in [0.5, 0.6) is 0 Å². The number of benzene rings is 1. The Bertz CT molecular complexity index is 798. The highest BCUT2D eigenvalue weighted by molar-refractivity contribution is 7.88. The van der Waals surface area contributed by atoms with Crippen molar-refractivity contribution in [1.29, 1.82) is 0 Å². The third-order valence-corrected chi connectivity index (χ3v) is 5.70. The van der Waals surface area contributed by atoms with Crippen molar-refractivity contribution >= 4 is 15.9 Å². The van der Waals surface area contributed by atoms with Crippen LogP contribution in [0.3, 0.4) is 0 Å². The molecule has 0 bridgehead atoms. The topological polar surface area (TPSA) is 82.9 Å². The van der Waals surface area contributed by atoms with Crippen LogP contribution < -0.4 is 4.72 Å². The summed E-state index contributed by atoms with van der Waals surface area (Å²) in [5.74, 6) is 0.240. The zero-order valence-corrected chi connectivity index (χ0v) is 15.3. The molecule has 1 amide bonds. The van der Waals surface area contributed by atoms with Crippen molar-refractivity contribution in [2.24, 2.45) is 0 Å². The molecular formula is C18H23N3O4S. The van der Waals surface area contributed by atoms with Crippen LogP contribution in [-0.2, 0) is 15.8 Å². The molecule has 0 unspecified atom stereocenters. The molecule has 8 heteroatoms. The van der Waals surface area contributed by atoms with E-state index in [0.717, 1.165) is 5.56 Å². The van der Waals surface area contributed by atoms with Crippen LogP contribution in [0.1, 0.15) is 16.1 Å². The molecule has 1 aliphatic rings. The molecule has 26 heavy (non-hydrogen) atoms. The molecule has 1 N–H and O–H groups in total. The molecule has 2 heterocycles. The highest BCUT2D eigenvalue weighted by Crippen LogP contribution is 2.09. The van der Waals surface area contributed by atoms with Gasteiger partial charge in [-0.25, -0.2) is 13.1 Å². The Morgan fingerprint density at radius 1 is 1.04 bits per heavy atom. The van der Waals surface area contributed by atoms with Crippen LogP contribution >= 0.6 is 0 Å². The Hall–Kier alpha value is -2.16. The second kappa shape index (κ2) is 8.48. The maximum absolute atomic E-state index is 12.2. The van der Waals surface area contributed by atoms with Gasteiger partial charge in [0, 0.05) is 39.3 Å². The van der Waals surface area contributed by atoms with Crippen molar-refractivity contribution in [2.45, 2.75) is 5.75 Å². The SMILES string of the molecule is O=C(c1ccco1)N1CCN(CCNS(=O)(=O)Cc2ccccc2)CC1. The van der Waals surface area contributed by atoms with Gasteiger partial charge in [0.05, 0.1) is 12.0 Å². The lowest BCUT2D eigenvalue weighted by Gasteiger charge is -2.34. The molecule has 1 aromatic carbocycles. The summed E-state index contributed by atoms with van der Waals surface area (Å²) >= 11 is 0. The Labute approximate surface area is 153 Å². The van der Waals surface area contributed by atoms with Crippen molar-refractivity contribution in [1.82, 2.24) is 14.5 Å². The lowest BCUT2D eigenvalue weighted by Crippen LogP contribution is -2.50. The summed E-state index contributed by atoms with van der Waals surface area (Å²) in [6.45, 7) is 3.63. The first-order valence-electron chi connectivity index (χ1n) is 8.60. The van der Waals surface area contributed by atoms with Gasteiger partial charge < -0.3 is 9.32 Å². The number of hydrogen-bond donors (Lipinski definition) is 1. The molecule has 0 radical (unpaired) electrons. The zero-order chi connectivity index (χ0) is 18.4. The first kappa shape index (κ1) is 18.6. The predicted molar refractivity (Wildman–Crippen MR) is 98.1 cm³/mol. The molecule has 1 aliphatic heterocycles. The number of nitrogens with zero attached hydrogens (tertiary/aromatic N) is 2. The van der Waals surface area contributed by atoms with E-state index in [1.807, 2.05) is 18.2 Å². The second-order valence-corrected chi connectivity index (χ2v) is 8.06. The van der Waals surface area contributed by atoms with Gasteiger partial charge in [0.1, 0.15) is 0 Å². The molecule has 1 aromatic heterocycles. The maximum atomic E-state index is 12.2. The van der Waals surface area contributed by atoms with Crippen molar-refractivity contribution in [2.75, 3.05) is 39.3 Å². The molecule has 0 spiro atoms. The first-order chi connectivity index (χ1) is 12.5. The third-order valence-electron chi connectivity index (χ3n) is 4.34. The number of hydrogen-bond acceptors (Lipinski definition) is 5. The van der Waals surface area contributed by atoms with Crippen molar-refractivity contribution < 1.29 is 17.6 Å². The second-order valence-electron chi connectivity index (χ2n) is 6.25. The average molecular weight is 377 g/mol. The van der Waals surface area contributed by atoms with E-state index in [1.165, 1.54) is 6.26 Å². The Morgan fingerprint density at radius 3 is 2.42 bits per heavy atom. The van der Waals surface area contributed by atoms with E-state index in [2.05, 4.69) is 9.62 Å². The van der Waals surface area contributed by atoms with E-state index >= 15 is 0 Å². The predicted octanol–water partition coefficient (Wildman–Crippen LogP) is 1.16. The molecular weight excluding hydrogens is 354 g/mol. The average Bonchev–Trinajstić information content (AvgIpc) is 3.17. The van der Waals surface area contributed by atoms with Crippen LogP contribution in [0, 0.1) is 0 Å². The first-order valence-corrected chi connectivity index (χ1v) is 10.3. The fourth-order valence-electron chi connectivity index (χ4n) is 2.93. The normalized spacial score (nSPS) is 15.9. The molecule has 0 atom stereocenters. The highest BCUT2D eigenvalue weighted by atomic mass is 32.2. The van der Waals surface area contributed by atoms with Gasteiger partial charge in [-0.1, -0.05) is 30.3 Å². The standard InChI is InChI=1S/C18H23N3O4S/c22-18(17-7-4-14-25-17)21-12-10-20(11-13-21)9-8-19-26(23,24)15-16-5-2-1-3-6-16/h1-7,14,19H,8-13,15H2. The van der Waals surface area contributed by atoms with Gasteiger partial charge in [0.15, 0.2) is 5.76 Å². The van der Waals surface area contributed by atoms with Gasteiger partial charge >= 0.3 is 0 Å². The summed E-state index contributed by atoms with van der Waals surface area (Å²) in [6.07, 6.45) is 1.49. The minimum atomic E-state index is -3.34. The van der Waals surface area contributed by atoms with Crippen molar-refractivity contribution in [3.05, 3.63) is 60.1 Å². The number of sulfonamides is 1. The van der Waals surface area contributed by atoms with E-state index in [9.17, 15) is 13.2 Å². The molecule has 7 nitrogen and oxygen atoms in total. The zero-order valence-electron chi connectivity index (χ0n) is 14.5. The molecule has 0 aliphatic carbocycles. The van der Waals surface area contributed by atoms with E-state index in [4.69, 9.17) is 4.42 Å². The van der Waals surface area contributed by atoms with Gasteiger partial charge in [0.25, 0.3) is 5.91 Å². The van der Waals surface area contributed by atoms with Crippen molar-refractivity contribution in [3.63, 3.8) is 0 Å². The largest absolute Gasteiger partial charge is 0.459 e. The number of nitrogens with one attached hydrogen (secondary N) is 1. The quantitative estimate of drug-likeness (QED) is 0.783. The molecule has 3 rings (SSSR count). The Morgan fingerprint density at radius 2 is 1.77 bits per heavy atom. The van der Waals surface area contributed by atoms with Crippen LogP contribution in [0.2, 0.25) is 0 Å². The lowest BCUT2D eigenvalue weighted by molar-refractivity contribution is 0.0609. The number of furan rings is 1. The van der Waals surface area contributed by atoms with E-state index < -0.39 is 10.0 Å². The number of rotatable bonds is 7. The molecule has 140 valence electrons. The summed E-state index contributed by atoms with van der Waals surface area (Å²) in [5.41, 5.74) is 0.769. The van der Waals surface area contributed by atoms with Gasteiger partial charge in [-0.3, -0.25) is 9.69 Å². The summed E-state index contributed by atoms with van der Waals surface area (Å²) in [5, 5.41) is 0. The fraction of sp³-hybridized carbons (Fsp3) is 0.389. The van der Waals surface area contributed by atoms with Gasteiger partial charge in [-0.05, 0) is 17.7 Å². The number of amides is 1. The maximum Gasteiger partial charge on any atom is 0.289 e. The Balaban J connectivity index is 1.39. The number of carbonyl (C=O) groups is 1. The minimum Gasteiger partial charge on any atom is -0.459 e. The monoisotopic (exact) mass is 377 g/mol. The third kappa shape index (κ3) is 5.17. The lowest BCUT2D eigenvalue weighted by atomic mass is 10.2. The minimum absolute atomic E-state index is 0.0146. The smallest absolute Gasteiger partial charge is 0.289 e. The van der Waals surface area contributed by atoms with Gasteiger partial charge in [-0.2, -0.15) is 0 Å². The summed E-state index contributed by atoms with van der Waals surface area (Å²) in [6, 6.07) is 12.5. The van der Waals surface area contributed by atoms with Crippen LogP contribution in [-0.4, -0.2) is 63.4 Å². The molecule has 1 saturated heterocycles. The van der Waals surface area contributed by atoms with Gasteiger partial charge in [0.2, 0.25) is 10.0 Å². The van der Waals surface area contributed by atoms with Crippen LogP contribution in [0.4, 0.5) is 0 Å². The Kier molecular flexibility index (Phi) is 6.08. The van der Waals surface area contributed by atoms with Crippen molar-refractivity contribution in [3.8, 4) is 0 Å². The number of carbonyl (C=O) groups excluding carboxylic acids is 1. The highest BCUT2D eigenvalue weighted by Gasteiger charge is 2.23. The van der Waals surface area contributed by atoms with Crippen LogP contribution in [0.15, 0.2) is 53.1 Å².